The number of aromatic nitrogens is 3. The van der Waals surface area contributed by atoms with Gasteiger partial charge in [0.15, 0.2) is 11.8 Å². The standard InChI is InChI=1S/C22H35N7O/c1-18-26-27-21(28(18)3)16-25-22(23-2)24-12-7-15-30-20-10-13-29(14-11-20)17-19-8-5-4-6-9-19/h4-6,8-9,20H,7,10-17H2,1-3H3,(H2,23,24,25). The van der Waals surface area contributed by atoms with Crippen LogP contribution in [0.1, 0.15) is 36.5 Å². The van der Waals surface area contributed by atoms with Crippen LogP contribution in [-0.2, 0) is 24.9 Å². The van der Waals surface area contributed by atoms with Gasteiger partial charge in [-0.15, -0.1) is 10.2 Å². The molecule has 3 rings (SSSR count). The van der Waals surface area contributed by atoms with Gasteiger partial charge in [-0.1, -0.05) is 30.3 Å². The van der Waals surface area contributed by atoms with Crippen molar-refractivity contribution in [2.24, 2.45) is 12.0 Å². The third-order valence-electron chi connectivity index (χ3n) is 5.57. The van der Waals surface area contributed by atoms with E-state index in [4.69, 9.17) is 4.74 Å². The molecule has 0 saturated carbocycles. The average molecular weight is 414 g/mol. The first kappa shape index (κ1) is 22.2. The molecule has 2 heterocycles. The van der Waals surface area contributed by atoms with Crippen molar-refractivity contribution >= 4 is 5.96 Å². The second-order valence-corrected chi connectivity index (χ2v) is 7.76. The third-order valence-corrected chi connectivity index (χ3v) is 5.57. The molecule has 0 radical (unpaired) electrons. The van der Waals surface area contributed by atoms with Crippen molar-refractivity contribution in [1.29, 1.82) is 0 Å². The molecule has 1 saturated heterocycles. The molecular formula is C22H35N7O. The van der Waals surface area contributed by atoms with Crippen molar-refractivity contribution in [3.63, 3.8) is 0 Å². The summed E-state index contributed by atoms with van der Waals surface area (Å²) in [5.74, 6) is 2.56. The molecule has 0 unspecified atom stereocenters. The van der Waals surface area contributed by atoms with Gasteiger partial charge in [-0.2, -0.15) is 0 Å². The van der Waals surface area contributed by atoms with Gasteiger partial charge in [0, 0.05) is 46.9 Å². The monoisotopic (exact) mass is 413 g/mol. The quantitative estimate of drug-likeness (QED) is 0.371. The van der Waals surface area contributed by atoms with Gasteiger partial charge >= 0.3 is 0 Å². The van der Waals surface area contributed by atoms with Gasteiger partial charge in [0.1, 0.15) is 5.82 Å². The highest BCUT2D eigenvalue weighted by atomic mass is 16.5. The zero-order valence-electron chi connectivity index (χ0n) is 18.5. The van der Waals surface area contributed by atoms with Crippen LogP contribution in [0.15, 0.2) is 35.3 Å². The third kappa shape index (κ3) is 6.81. The summed E-state index contributed by atoms with van der Waals surface area (Å²) in [7, 11) is 3.74. The van der Waals surface area contributed by atoms with E-state index in [-0.39, 0.29) is 0 Å². The first-order valence-corrected chi connectivity index (χ1v) is 10.8. The lowest BCUT2D eigenvalue weighted by Crippen LogP contribution is -2.38. The van der Waals surface area contributed by atoms with Crippen LogP contribution in [0.2, 0.25) is 0 Å². The Morgan fingerprint density at radius 1 is 1.17 bits per heavy atom. The molecule has 8 heteroatoms. The maximum atomic E-state index is 6.10. The van der Waals surface area contributed by atoms with Gasteiger partial charge < -0.3 is 19.9 Å². The van der Waals surface area contributed by atoms with Gasteiger partial charge in [-0.3, -0.25) is 9.89 Å². The number of hydrogen-bond acceptors (Lipinski definition) is 5. The molecule has 1 aromatic heterocycles. The SMILES string of the molecule is CN=C(NCCCOC1CCN(Cc2ccccc2)CC1)NCc1nnc(C)n1C. The summed E-state index contributed by atoms with van der Waals surface area (Å²) in [6, 6.07) is 10.7. The summed E-state index contributed by atoms with van der Waals surface area (Å²) in [5.41, 5.74) is 1.39. The van der Waals surface area contributed by atoms with Gasteiger partial charge in [0.25, 0.3) is 0 Å². The Bertz CT molecular complexity index is 782. The molecule has 30 heavy (non-hydrogen) atoms. The van der Waals surface area contributed by atoms with Crippen molar-refractivity contribution in [3.05, 3.63) is 47.5 Å². The van der Waals surface area contributed by atoms with E-state index in [1.165, 1.54) is 5.56 Å². The molecule has 1 fully saturated rings. The number of ether oxygens (including phenoxy) is 1. The topological polar surface area (TPSA) is 79.6 Å². The molecule has 1 aliphatic rings. The Balaban J connectivity index is 1.25. The smallest absolute Gasteiger partial charge is 0.191 e. The Morgan fingerprint density at radius 2 is 1.93 bits per heavy atom. The summed E-state index contributed by atoms with van der Waals surface area (Å²) in [5, 5.41) is 14.8. The van der Waals surface area contributed by atoms with E-state index in [9.17, 15) is 0 Å². The molecule has 0 atom stereocenters. The molecule has 0 amide bonds. The predicted molar refractivity (Wildman–Crippen MR) is 119 cm³/mol. The molecule has 0 spiro atoms. The second-order valence-electron chi connectivity index (χ2n) is 7.76. The minimum absolute atomic E-state index is 0.383. The lowest BCUT2D eigenvalue weighted by atomic mass is 10.1. The van der Waals surface area contributed by atoms with Gasteiger partial charge in [0.05, 0.1) is 12.6 Å². The van der Waals surface area contributed by atoms with E-state index in [2.05, 4.69) is 61.1 Å². The van der Waals surface area contributed by atoms with Crippen LogP contribution in [0, 0.1) is 6.92 Å². The highest BCUT2D eigenvalue weighted by Gasteiger charge is 2.19. The fraction of sp³-hybridized carbons (Fsp3) is 0.591. The van der Waals surface area contributed by atoms with Crippen molar-refractivity contribution in [2.45, 2.75) is 45.4 Å². The number of hydrogen-bond donors (Lipinski definition) is 2. The molecule has 0 aliphatic carbocycles. The minimum atomic E-state index is 0.383. The number of likely N-dealkylation sites (tertiary alicyclic amines) is 1. The Labute approximate surface area is 179 Å². The number of aliphatic imine (C=N–C) groups is 1. The maximum absolute atomic E-state index is 6.10. The van der Waals surface area contributed by atoms with E-state index >= 15 is 0 Å². The van der Waals surface area contributed by atoms with Gasteiger partial charge in [0.2, 0.25) is 0 Å². The van der Waals surface area contributed by atoms with E-state index < -0.39 is 0 Å². The Morgan fingerprint density at radius 3 is 2.60 bits per heavy atom. The summed E-state index contributed by atoms with van der Waals surface area (Å²) in [4.78, 5) is 6.78. The highest BCUT2D eigenvalue weighted by Crippen LogP contribution is 2.16. The van der Waals surface area contributed by atoms with Crippen LogP contribution in [0.3, 0.4) is 0 Å². The first-order chi connectivity index (χ1) is 14.7. The zero-order valence-corrected chi connectivity index (χ0v) is 18.5. The molecule has 1 aromatic carbocycles. The van der Waals surface area contributed by atoms with Crippen LogP contribution < -0.4 is 10.6 Å². The maximum Gasteiger partial charge on any atom is 0.191 e. The Hall–Kier alpha value is -2.45. The number of piperidine rings is 1. The largest absolute Gasteiger partial charge is 0.378 e. The molecule has 1 aliphatic heterocycles. The van der Waals surface area contributed by atoms with Crippen LogP contribution in [0.4, 0.5) is 0 Å². The number of aryl methyl sites for hydroxylation is 1. The van der Waals surface area contributed by atoms with E-state index in [0.717, 1.165) is 69.7 Å². The molecule has 8 nitrogen and oxygen atoms in total. The summed E-state index contributed by atoms with van der Waals surface area (Å²) < 4.78 is 8.07. The normalized spacial score (nSPS) is 16.0. The fourth-order valence-corrected chi connectivity index (χ4v) is 3.59. The number of guanidine groups is 1. The van der Waals surface area contributed by atoms with Crippen molar-refractivity contribution in [1.82, 2.24) is 30.3 Å². The van der Waals surface area contributed by atoms with Crippen LogP contribution in [0.25, 0.3) is 0 Å². The molecular weight excluding hydrogens is 378 g/mol. The lowest BCUT2D eigenvalue weighted by molar-refractivity contribution is 0.00534. The van der Waals surface area contributed by atoms with Crippen LogP contribution in [0.5, 0.6) is 0 Å². The van der Waals surface area contributed by atoms with E-state index in [0.29, 0.717) is 12.6 Å². The summed E-state index contributed by atoms with van der Waals surface area (Å²) >= 11 is 0. The van der Waals surface area contributed by atoms with E-state index in [1.54, 1.807) is 7.05 Å². The molecule has 164 valence electrons. The molecule has 0 bridgehead atoms. The van der Waals surface area contributed by atoms with Gasteiger partial charge in [-0.25, -0.2) is 0 Å². The summed E-state index contributed by atoms with van der Waals surface area (Å²) in [6.07, 6.45) is 3.56. The first-order valence-electron chi connectivity index (χ1n) is 10.8. The van der Waals surface area contributed by atoms with E-state index in [1.807, 2.05) is 18.5 Å². The van der Waals surface area contributed by atoms with Crippen LogP contribution in [-0.4, -0.2) is 65.0 Å². The Kier molecular flexibility index (Phi) is 8.65. The van der Waals surface area contributed by atoms with Gasteiger partial charge in [-0.05, 0) is 31.7 Å². The molecule has 2 N–H and O–H groups in total. The van der Waals surface area contributed by atoms with Crippen molar-refractivity contribution in [3.8, 4) is 0 Å². The average Bonchev–Trinajstić information content (AvgIpc) is 3.09. The minimum Gasteiger partial charge on any atom is -0.378 e. The lowest BCUT2D eigenvalue weighted by Gasteiger charge is -2.32. The highest BCUT2D eigenvalue weighted by molar-refractivity contribution is 5.79. The number of nitrogens with zero attached hydrogens (tertiary/aromatic N) is 5. The van der Waals surface area contributed by atoms with Crippen molar-refractivity contribution in [2.75, 3.05) is 33.3 Å². The van der Waals surface area contributed by atoms with Crippen LogP contribution >= 0.6 is 0 Å². The number of rotatable bonds is 9. The number of benzene rings is 1. The van der Waals surface area contributed by atoms with Crippen molar-refractivity contribution < 1.29 is 4.74 Å². The number of nitrogens with one attached hydrogen (secondary N) is 2. The fourth-order valence-electron chi connectivity index (χ4n) is 3.59. The zero-order chi connectivity index (χ0) is 21.2. The predicted octanol–water partition coefficient (Wildman–Crippen LogP) is 1.86. The molecule has 2 aromatic rings. The summed E-state index contributed by atoms with van der Waals surface area (Å²) in [6.45, 7) is 7.38. The second kappa shape index (κ2) is 11.7.